The molecule has 0 aliphatic heterocycles. The number of hydrogen-bond donors (Lipinski definition) is 2. The molecule has 1 aromatic heterocycles. The number of benzene rings is 1. The van der Waals surface area contributed by atoms with Crippen LogP contribution in [0.4, 0.5) is 11.4 Å². The lowest BCUT2D eigenvalue weighted by Crippen LogP contribution is -2.34. The summed E-state index contributed by atoms with van der Waals surface area (Å²) in [4.78, 5) is 26.6. The van der Waals surface area contributed by atoms with Crippen molar-refractivity contribution in [1.29, 1.82) is 0 Å². The van der Waals surface area contributed by atoms with Crippen LogP contribution in [0.1, 0.15) is 19.5 Å². The highest BCUT2D eigenvalue weighted by Crippen LogP contribution is 2.29. The standard InChI is InChI=1S/C15H18N4O3/c1-9(2)17-14(20)8-16-12-7-10(3)18-15-11(12)5-4-6-13(15)19(21)22/h4-7,9H,8H2,1-3H3,(H,16,18)(H,17,20). The molecule has 0 unspecified atom stereocenters. The maximum absolute atomic E-state index is 11.7. The Morgan fingerprint density at radius 2 is 2.14 bits per heavy atom. The van der Waals surface area contributed by atoms with Crippen molar-refractivity contribution in [1.82, 2.24) is 10.3 Å². The minimum Gasteiger partial charge on any atom is -0.376 e. The number of aryl methyl sites for hydroxylation is 1. The first kappa shape index (κ1) is 15.7. The Labute approximate surface area is 127 Å². The predicted molar refractivity (Wildman–Crippen MR) is 84.9 cm³/mol. The molecule has 0 aliphatic rings. The van der Waals surface area contributed by atoms with E-state index in [9.17, 15) is 14.9 Å². The third-order valence-electron chi connectivity index (χ3n) is 3.03. The van der Waals surface area contributed by atoms with E-state index in [1.54, 1.807) is 25.1 Å². The first-order valence-corrected chi connectivity index (χ1v) is 6.96. The number of carbonyl (C=O) groups is 1. The van der Waals surface area contributed by atoms with Crippen molar-refractivity contribution in [2.24, 2.45) is 0 Å². The number of amides is 1. The Balaban J connectivity index is 2.36. The topological polar surface area (TPSA) is 97.2 Å². The van der Waals surface area contributed by atoms with E-state index in [4.69, 9.17) is 0 Å². The molecule has 0 radical (unpaired) electrons. The smallest absolute Gasteiger partial charge is 0.295 e. The van der Waals surface area contributed by atoms with Crippen molar-refractivity contribution in [3.8, 4) is 0 Å². The minimum absolute atomic E-state index is 0.0455. The molecule has 1 aromatic carbocycles. The van der Waals surface area contributed by atoms with Crippen LogP contribution in [-0.2, 0) is 4.79 Å². The highest BCUT2D eigenvalue weighted by Gasteiger charge is 2.16. The van der Waals surface area contributed by atoms with Crippen LogP contribution in [0.25, 0.3) is 10.9 Å². The van der Waals surface area contributed by atoms with Gasteiger partial charge in [0.15, 0.2) is 5.52 Å². The van der Waals surface area contributed by atoms with Crippen LogP contribution in [-0.4, -0.2) is 28.4 Å². The van der Waals surface area contributed by atoms with Gasteiger partial charge < -0.3 is 10.6 Å². The maximum atomic E-state index is 11.7. The molecule has 22 heavy (non-hydrogen) atoms. The molecule has 0 aliphatic carbocycles. The molecule has 1 heterocycles. The molecule has 116 valence electrons. The van der Waals surface area contributed by atoms with E-state index >= 15 is 0 Å². The van der Waals surface area contributed by atoms with Crippen molar-refractivity contribution >= 4 is 28.2 Å². The number of para-hydroxylation sites is 1. The fourth-order valence-electron chi connectivity index (χ4n) is 2.20. The molecule has 2 aromatic rings. The molecule has 7 heteroatoms. The Bertz CT molecular complexity index is 728. The number of aromatic nitrogens is 1. The number of rotatable bonds is 5. The minimum atomic E-state index is -0.454. The number of nitro benzene ring substituents is 1. The molecular weight excluding hydrogens is 284 g/mol. The third kappa shape index (κ3) is 3.49. The van der Waals surface area contributed by atoms with Gasteiger partial charge in [-0.15, -0.1) is 0 Å². The summed E-state index contributed by atoms with van der Waals surface area (Å²) in [7, 11) is 0. The lowest BCUT2D eigenvalue weighted by atomic mass is 10.1. The van der Waals surface area contributed by atoms with E-state index in [0.29, 0.717) is 22.3 Å². The Kier molecular flexibility index (Phi) is 4.55. The average molecular weight is 302 g/mol. The van der Waals surface area contributed by atoms with E-state index in [1.165, 1.54) is 6.07 Å². The molecule has 2 N–H and O–H groups in total. The van der Waals surface area contributed by atoms with Crippen molar-refractivity contribution in [2.45, 2.75) is 26.8 Å². The van der Waals surface area contributed by atoms with Gasteiger partial charge in [0.05, 0.1) is 11.5 Å². The van der Waals surface area contributed by atoms with E-state index < -0.39 is 4.92 Å². The van der Waals surface area contributed by atoms with Crippen molar-refractivity contribution in [3.05, 3.63) is 40.1 Å². The molecule has 0 fully saturated rings. The quantitative estimate of drug-likeness (QED) is 0.653. The summed E-state index contributed by atoms with van der Waals surface area (Å²) in [6.07, 6.45) is 0. The van der Waals surface area contributed by atoms with Crippen LogP contribution >= 0.6 is 0 Å². The first-order chi connectivity index (χ1) is 10.4. The lowest BCUT2D eigenvalue weighted by Gasteiger charge is -2.12. The molecule has 1 amide bonds. The summed E-state index contributed by atoms with van der Waals surface area (Å²) in [6, 6.07) is 6.61. The van der Waals surface area contributed by atoms with Crippen LogP contribution in [0.3, 0.4) is 0 Å². The maximum Gasteiger partial charge on any atom is 0.295 e. The number of pyridine rings is 1. The second-order valence-electron chi connectivity index (χ2n) is 5.32. The molecule has 0 bridgehead atoms. The number of non-ortho nitro benzene ring substituents is 1. The monoisotopic (exact) mass is 302 g/mol. The van der Waals surface area contributed by atoms with E-state index in [2.05, 4.69) is 15.6 Å². The van der Waals surface area contributed by atoms with Crippen LogP contribution < -0.4 is 10.6 Å². The van der Waals surface area contributed by atoms with Gasteiger partial charge in [-0.1, -0.05) is 12.1 Å². The second-order valence-corrected chi connectivity index (χ2v) is 5.32. The first-order valence-electron chi connectivity index (χ1n) is 6.96. The highest BCUT2D eigenvalue weighted by molar-refractivity contribution is 5.97. The van der Waals surface area contributed by atoms with Gasteiger partial charge in [0.2, 0.25) is 5.91 Å². The molecule has 0 saturated carbocycles. The van der Waals surface area contributed by atoms with Crippen LogP contribution in [0, 0.1) is 17.0 Å². The second kappa shape index (κ2) is 6.38. The average Bonchev–Trinajstić information content (AvgIpc) is 2.43. The van der Waals surface area contributed by atoms with Gasteiger partial charge in [0.25, 0.3) is 5.69 Å². The van der Waals surface area contributed by atoms with Gasteiger partial charge in [-0.25, -0.2) is 4.98 Å². The third-order valence-corrected chi connectivity index (χ3v) is 3.03. The summed E-state index contributed by atoms with van der Waals surface area (Å²) in [5, 5.41) is 17.5. The Morgan fingerprint density at radius 3 is 2.77 bits per heavy atom. The lowest BCUT2D eigenvalue weighted by molar-refractivity contribution is -0.383. The normalized spacial score (nSPS) is 10.7. The summed E-state index contributed by atoms with van der Waals surface area (Å²) in [5.41, 5.74) is 1.58. The van der Waals surface area contributed by atoms with Gasteiger partial charge >= 0.3 is 0 Å². The van der Waals surface area contributed by atoms with Gasteiger partial charge in [-0.3, -0.25) is 14.9 Å². The number of carbonyl (C=O) groups excluding carboxylic acids is 1. The SMILES string of the molecule is Cc1cc(NCC(=O)NC(C)C)c2cccc([N+](=O)[O-])c2n1. The zero-order chi connectivity index (χ0) is 16.3. The molecule has 2 rings (SSSR count). The van der Waals surface area contributed by atoms with Crippen molar-refractivity contribution in [2.75, 3.05) is 11.9 Å². The summed E-state index contributed by atoms with van der Waals surface area (Å²) >= 11 is 0. The zero-order valence-electron chi connectivity index (χ0n) is 12.7. The number of nitrogens with one attached hydrogen (secondary N) is 2. The molecular formula is C15H18N4O3. The highest BCUT2D eigenvalue weighted by atomic mass is 16.6. The summed E-state index contributed by atoms with van der Waals surface area (Å²) in [6.45, 7) is 5.62. The number of nitro groups is 1. The molecule has 0 spiro atoms. The van der Waals surface area contributed by atoms with Crippen LogP contribution in [0.15, 0.2) is 24.3 Å². The fourth-order valence-corrected chi connectivity index (χ4v) is 2.20. The number of hydrogen-bond acceptors (Lipinski definition) is 5. The zero-order valence-corrected chi connectivity index (χ0v) is 12.7. The summed E-state index contributed by atoms with van der Waals surface area (Å²) in [5.74, 6) is -0.136. The predicted octanol–water partition coefficient (Wildman–Crippen LogP) is 2.39. The number of fused-ring (bicyclic) bond motifs is 1. The molecule has 0 saturated heterocycles. The molecule has 7 nitrogen and oxygen atoms in total. The fraction of sp³-hybridized carbons (Fsp3) is 0.333. The van der Waals surface area contributed by atoms with Gasteiger partial charge in [-0.05, 0) is 26.8 Å². The van der Waals surface area contributed by atoms with Gasteiger partial charge in [0.1, 0.15) is 0 Å². The van der Waals surface area contributed by atoms with Gasteiger partial charge in [0, 0.05) is 28.9 Å². The van der Waals surface area contributed by atoms with E-state index in [0.717, 1.165) is 0 Å². The summed E-state index contributed by atoms with van der Waals surface area (Å²) < 4.78 is 0. The van der Waals surface area contributed by atoms with E-state index in [1.807, 2.05) is 13.8 Å². The van der Waals surface area contributed by atoms with Crippen molar-refractivity contribution in [3.63, 3.8) is 0 Å². The van der Waals surface area contributed by atoms with Crippen molar-refractivity contribution < 1.29 is 9.72 Å². The Morgan fingerprint density at radius 1 is 1.41 bits per heavy atom. The molecule has 0 atom stereocenters. The van der Waals surface area contributed by atoms with E-state index in [-0.39, 0.29) is 24.2 Å². The Hall–Kier alpha value is -2.70. The largest absolute Gasteiger partial charge is 0.376 e. The van der Waals surface area contributed by atoms with Gasteiger partial charge in [-0.2, -0.15) is 0 Å². The number of nitrogens with zero attached hydrogens (tertiary/aromatic N) is 2. The number of anilines is 1. The van der Waals surface area contributed by atoms with Crippen LogP contribution in [0.2, 0.25) is 0 Å². The van der Waals surface area contributed by atoms with Crippen LogP contribution in [0.5, 0.6) is 0 Å².